The summed E-state index contributed by atoms with van der Waals surface area (Å²) >= 11 is 1.76. The first-order chi connectivity index (χ1) is 9.90. The van der Waals surface area contributed by atoms with Gasteiger partial charge in [-0.1, -0.05) is 20.8 Å². The van der Waals surface area contributed by atoms with Crippen LogP contribution in [-0.4, -0.2) is 52.6 Å². The van der Waals surface area contributed by atoms with Crippen LogP contribution in [0.3, 0.4) is 0 Å². The van der Waals surface area contributed by atoms with Crippen LogP contribution in [0.1, 0.15) is 31.3 Å². The number of aromatic nitrogens is 1. The van der Waals surface area contributed by atoms with Crippen molar-refractivity contribution in [3.05, 3.63) is 10.6 Å². The Morgan fingerprint density at radius 2 is 1.86 bits per heavy atom. The molecule has 0 aliphatic heterocycles. The number of anilines is 1. The minimum atomic E-state index is 0.0507. The van der Waals surface area contributed by atoms with Crippen molar-refractivity contribution >= 4 is 16.5 Å². The van der Waals surface area contributed by atoms with Crippen molar-refractivity contribution in [3.8, 4) is 0 Å². The van der Waals surface area contributed by atoms with Crippen molar-refractivity contribution in [2.75, 3.05) is 52.5 Å². The fourth-order valence-electron chi connectivity index (χ4n) is 1.91. The molecule has 1 aromatic rings. The summed E-state index contributed by atoms with van der Waals surface area (Å²) in [6.07, 6.45) is 0. The van der Waals surface area contributed by atoms with Gasteiger partial charge in [-0.2, -0.15) is 0 Å². The van der Waals surface area contributed by atoms with Crippen LogP contribution >= 0.6 is 11.3 Å². The number of rotatable bonds is 9. The van der Waals surface area contributed by atoms with E-state index in [2.05, 4.69) is 38.0 Å². The molecule has 0 saturated heterocycles. The van der Waals surface area contributed by atoms with Gasteiger partial charge in [0, 0.05) is 51.2 Å². The van der Waals surface area contributed by atoms with Gasteiger partial charge in [-0.05, 0) is 0 Å². The first kappa shape index (κ1) is 18.4. The van der Waals surface area contributed by atoms with Gasteiger partial charge in [-0.15, -0.1) is 11.3 Å². The first-order valence-corrected chi connectivity index (χ1v) is 8.11. The summed E-state index contributed by atoms with van der Waals surface area (Å²) < 4.78 is 10.2. The molecule has 21 heavy (non-hydrogen) atoms. The Bertz CT molecular complexity index is 416. The van der Waals surface area contributed by atoms with Gasteiger partial charge >= 0.3 is 0 Å². The summed E-state index contributed by atoms with van der Waals surface area (Å²) in [5.41, 5.74) is 1.23. The molecule has 1 N–H and O–H groups in total. The second-order valence-electron chi connectivity index (χ2n) is 6.10. The first-order valence-electron chi connectivity index (χ1n) is 7.30. The molecule has 1 aromatic heterocycles. The predicted molar refractivity (Wildman–Crippen MR) is 89.5 cm³/mol. The highest BCUT2D eigenvalue weighted by Crippen LogP contribution is 2.33. The lowest BCUT2D eigenvalue weighted by atomic mass is 9.91. The summed E-state index contributed by atoms with van der Waals surface area (Å²) in [4.78, 5) is 8.31. The van der Waals surface area contributed by atoms with E-state index in [9.17, 15) is 0 Å². The van der Waals surface area contributed by atoms with Crippen LogP contribution in [0.5, 0.6) is 0 Å². The minimum absolute atomic E-state index is 0.0507. The van der Waals surface area contributed by atoms with Crippen molar-refractivity contribution < 1.29 is 9.47 Å². The molecule has 0 bridgehead atoms. The van der Waals surface area contributed by atoms with E-state index >= 15 is 0 Å². The Morgan fingerprint density at radius 3 is 2.43 bits per heavy atom. The van der Waals surface area contributed by atoms with E-state index in [1.54, 1.807) is 25.6 Å². The number of likely N-dealkylation sites (N-methyl/N-ethyl adjacent to an activating group) is 1. The van der Waals surface area contributed by atoms with E-state index in [1.165, 1.54) is 10.6 Å². The maximum atomic E-state index is 5.14. The van der Waals surface area contributed by atoms with E-state index in [4.69, 9.17) is 14.5 Å². The molecule has 0 aromatic carbocycles. The molecule has 5 nitrogen and oxygen atoms in total. The zero-order valence-electron chi connectivity index (χ0n) is 14.2. The second-order valence-corrected chi connectivity index (χ2v) is 7.16. The number of hydrogen-bond donors (Lipinski definition) is 1. The number of thiazole rings is 1. The topological polar surface area (TPSA) is 46.6 Å². The van der Waals surface area contributed by atoms with E-state index < -0.39 is 0 Å². The van der Waals surface area contributed by atoms with Crippen molar-refractivity contribution in [3.63, 3.8) is 0 Å². The third-order valence-corrected chi connectivity index (χ3v) is 4.29. The zero-order valence-corrected chi connectivity index (χ0v) is 15.0. The largest absolute Gasteiger partial charge is 0.383 e. The molecule has 0 unspecified atom stereocenters. The Labute approximate surface area is 132 Å². The molecular weight excluding hydrogens is 286 g/mol. The van der Waals surface area contributed by atoms with Crippen LogP contribution in [0.2, 0.25) is 0 Å². The van der Waals surface area contributed by atoms with Gasteiger partial charge < -0.3 is 19.7 Å². The average molecular weight is 315 g/mol. The van der Waals surface area contributed by atoms with Crippen molar-refractivity contribution in [2.24, 2.45) is 0 Å². The lowest BCUT2D eigenvalue weighted by molar-refractivity contribution is 0.199. The monoisotopic (exact) mass is 315 g/mol. The Balaban J connectivity index is 2.81. The second kappa shape index (κ2) is 8.68. The standard InChI is InChI=1S/C15H29N3O2S/c1-15(2,3)13-12(11-16-7-9-19-5)21-14(17-13)18(4)8-10-20-6/h16H,7-11H2,1-6H3. The Hall–Kier alpha value is -0.690. The molecule has 122 valence electrons. The lowest BCUT2D eigenvalue weighted by Gasteiger charge is -2.18. The van der Waals surface area contributed by atoms with Gasteiger partial charge in [0.05, 0.1) is 18.9 Å². The smallest absolute Gasteiger partial charge is 0.185 e. The Morgan fingerprint density at radius 1 is 1.19 bits per heavy atom. The molecule has 0 aliphatic rings. The van der Waals surface area contributed by atoms with Crippen molar-refractivity contribution in [1.82, 2.24) is 10.3 Å². The van der Waals surface area contributed by atoms with Crippen LogP contribution in [0.4, 0.5) is 5.13 Å². The molecular formula is C15H29N3O2S. The molecule has 0 atom stereocenters. The normalized spacial score (nSPS) is 11.9. The van der Waals surface area contributed by atoms with E-state index in [-0.39, 0.29) is 5.41 Å². The fraction of sp³-hybridized carbons (Fsp3) is 0.800. The highest BCUT2D eigenvalue weighted by Gasteiger charge is 2.24. The van der Waals surface area contributed by atoms with Gasteiger partial charge in [0.2, 0.25) is 0 Å². The molecule has 0 spiro atoms. The number of hydrogen-bond acceptors (Lipinski definition) is 6. The summed E-state index contributed by atoms with van der Waals surface area (Å²) in [5.74, 6) is 0. The molecule has 0 radical (unpaired) electrons. The number of methoxy groups -OCH3 is 2. The summed E-state index contributed by atoms with van der Waals surface area (Å²) in [6.45, 7) is 10.6. The third-order valence-electron chi connectivity index (χ3n) is 3.12. The highest BCUT2D eigenvalue weighted by atomic mass is 32.1. The van der Waals surface area contributed by atoms with Crippen molar-refractivity contribution in [1.29, 1.82) is 0 Å². The number of nitrogens with one attached hydrogen (secondary N) is 1. The third kappa shape index (κ3) is 5.90. The predicted octanol–water partition coefficient (Wildman–Crippen LogP) is 2.26. The lowest BCUT2D eigenvalue weighted by Crippen LogP contribution is -2.22. The van der Waals surface area contributed by atoms with E-state index in [0.29, 0.717) is 6.61 Å². The number of nitrogens with zero attached hydrogens (tertiary/aromatic N) is 2. The zero-order chi connectivity index (χ0) is 15.9. The van der Waals surface area contributed by atoms with Gasteiger partial charge in [0.25, 0.3) is 0 Å². The SMILES string of the molecule is COCCNCc1sc(N(C)CCOC)nc1C(C)(C)C. The molecule has 0 fully saturated rings. The van der Waals surface area contributed by atoms with E-state index in [0.717, 1.165) is 31.4 Å². The van der Waals surface area contributed by atoms with Gasteiger partial charge in [-0.25, -0.2) is 4.98 Å². The number of ether oxygens (including phenoxy) is 2. The molecule has 0 aliphatic carbocycles. The Kier molecular flexibility index (Phi) is 7.59. The van der Waals surface area contributed by atoms with Gasteiger partial charge in [0.15, 0.2) is 5.13 Å². The summed E-state index contributed by atoms with van der Waals surface area (Å²) in [7, 11) is 5.51. The molecule has 0 saturated carbocycles. The van der Waals surface area contributed by atoms with Gasteiger partial charge in [-0.3, -0.25) is 0 Å². The summed E-state index contributed by atoms with van der Waals surface area (Å²) in [6, 6.07) is 0. The molecule has 6 heteroatoms. The van der Waals surface area contributed by atoms with Crippen LogP contribution in [0.15, 0.2) is 0 Å². The van der Waals surface area contributed by atoms with Crippen LogP contribution in [0, 0.1) is 0 Å². The van der Waals surface area contributed by atoms with Crippen molar-refractivity contribution in [2.45, 2.75) is 32.7 Å². The van der Waals surface area contributed by atoms with Crippen LogP contribution in [0.25, 0.3) is 0 Å². The van der Waals surface area contributed by atoms with E-state index in [1.807, 2.05) is 0 Å². The van der Waals surface area contributed by atoms with Crippen LogP contribution < -0.4 is 10.2 Å². The highest BCUT2D eigenvalue weighted by molar-refractivity contribution is 7.15. The van der Waals surface area contributed by atoms with Crippen LogP contribution in [-0.2, 0) is 21.4 Å². The summed E-state index contributed by atoms with van der Waals surface area (Å²) in [5, 5.41) is 4.47. The quantitative estimate of drug-likeness (QED) is 0.708. The maximum Gasteiger partial charge on any atom is 0.185 e. The fourth-order valence-corrected chi connectivity index (χ4v) is 3.14. The van der Waals surface area contributed by atoms with Gasteiger partial charge in [0.1, 0.15) is 0 Å². The maximum absolute atomic E-state index is 5.14. The molecule has 1 heterocycles. The minimum Gasteiger partial charge on any atom is -0.383 e. The molecule has 0 amide bonds. The molecule has 1 rings (SSSR count). The average Bonchev–Trinajstić information content (AvgIpc) is 2.85.